The zero-order valence-electron chi connectivity index (χ0n) is 20.4. The predicted molar refractivity (Wildman–Crippen MR) is 136 cm³/mol. The van der Waals surface area contributed by atoms with Gasteiger partial charge in [0.05, 0.1) is 5.56 Å². The van der Waals surface area contributed by atoms with Crippen LogP contribution in [0, 0.1) is 6.92 Å². The summed E-state index contributed by atoms with van der Waals surface area (Å²) < 4.78 is 0. The molecule has 33 heavy (non-hydrogen) atoms. The van der Waals surface area contributed by atoms with Gasteiger partial charge in [-0.1, -0.05) is 66.2 Å². The van der Waals surface area contributed by atoms with E-state index in [0.717, 1.165) is 18.5 Å². The van der Waals surface area contributed by atoms with Crippen molar-refractivity contribution in [2.45, 2.75) is 59.0 Å². The quantitative estimate of drug-likeness (QED) is 0.402. The molecule has 176 valence electrons. The van der Waals surface area contributed by atoms with E-state index < -0.39 is 5.97 Å². The van der Waals surface area contributed by atoms with Crippen molar-refractivity contribution in [3.05, 3.63) is 101 Å². The molecule has 0 aliphatic rings. The van der Waals surface area contributed by atoms with Crippen LogP contribution in [0.2, 0.25) is 0 Å². The molecule has 2 N–H and O–H groups in total. The molecular weight excluding hydrogens is 410 g/mol. The second kappa shape index (κ2) is 12.8. The lowest BCUT2D eigenvalue weighted by molar-refractivity contribution is 0.0697. The van der Waals surface area contributed by atoms with E-state index in [1.54, 1.807) is 30.3 Å². The summed E-state index contributed by atoms with van der Waals surface area (Å²) in [4.78, 5) is 12.7. The SMILES string of the molecule is Cc1ccc(O)c([C@H](CCN(C(C)C)C(C)C)c2ccccc2)c1.O=C(O)c1ccccc1. The Hall–Kier alpha value is -3.11. The van der Waals surface area contributed by atoms with Crippen molar-refractivity contribution in [2.75, 3.05) is 6.54 Å². The molecule has 4 heteroatoms. The number of rotatable bonds is 8. The summed E-state index contributed by atoms with van der Waals surface area (Å²) in [5.41, 5.74) is 3.82. The third-order valence-electron chi connectivity index (χ3n) is 5.78. The molecule has 3 rings (SSSR count). The van der Waals surface area contributed by atoms with Crippen molar-refractivity contribution in [1.82, 2.24) is 4.90 Å². The molecule has 0 unspecified atom stereocenters. The summed E-state index contributed by atoms with van der Waals surface area (Å²) >= 11 is 0. The first-order valence-electron chi connectivity index (χ1n) is 11.6. The Morgan fingerprint density at radius 1 is 0.848 bits per heavy atom. The summed E-state index contributed by atoms with van der Waals surface area (Å²) in [6.07, 6.45) is 0.997. The Morgan fingerprint density at radius 2 is 1.39 bits per heavy atom. The van der Waals surface area contributed by atoms with E-state index in [4.69, 9.17) is 5.11 Å². The molecule has 0 heterocycles. The number of aromatic carboxylic acids is 1. The molecule has 4 nitrogen and oxygen atoms in total. The molecule has 3 aromatic carbocycles. The van der Waals surface area contributed by atoms with Crippen molar-refractivity contribution in [3.63, 3.8) is 0 Å². The average Bonchev–Trinajstić information content (AvgIpc) is 2.79. The largest absolute Gasteiger partial charge is 0.508 e. The van der Waals surface area contributed by atoms with E-state index in [1.165, 1.54) is 11.1 Å². The van der Waals surface area contributed by atoms with Gasteiger partial charge in [-0.15, -0.1) is 0 Å². The Bertz CT molecular complexity index is 976. The number of nitrogens with zero attached hydrogens (tertiary/aromatic N) is 1. The van der Waals surface area contributed by atoms with E-state index in [1.807, 2.05) is 18.2 Å². The second-order valence-electron chi connectivity index (χ2n) is 8.91. The summed E-state index contributed by atoms with van der Waals surface area (Å²) in [6.45, 7) is 12.1. The van der Waals surface area contributed by atoms with Gasteiger partial charge in [0.2, 0.25) is 0 Å². The van der Waals surface area contributed by atoms with E-state index >= 15 is 0 Å². The van der Waals surface area contributed by atoms with Crippen molar-refractivity contribution >= 4 is 5.97 Å². The third-order valence-corrected chi connectivity index (χ3v) is 5.78. The van der Waals surface area contributed by atoms with Crippen LogP contribution >= 0.6 is 0 Å². The van der Waals surface area contributed by atoms with Gasteiger partial charge in [0.1, 0.15) is 5.75 Å². The highest BCUT2D eigenvalue weighted by Crippen LogP contribution is 2.35. The highest BCUT2D eigenvalue weighted by molar-refractivity contribution is 5.87. The Kier molecular flexibility index (Phi) is 10.1. The maximum atomic E-state index is 10.4. The van der Waals surface area contributed by atoms with Crippen molar-refractivity contribution in [3.8, 4) is 5.75 Å². The smallest absolute Gasteiger partial charge is 0.335 e. The maximum absolute atomic E-state index is 10.4. The van der Waals surface area contributed by atoms with Crippen molar-refractivity contribution in [2.24, 2.45) is 0 Å². The molecule has 3 aromatic rings. The van der Waals surface area contributed by atoms with Crippen LogP contribution in [0.25, 0.3) is 0 Å². The molecular formula is C29H37NO3. The maximum Gasteiger partial charge on any atom is 0.335 e. The lowest BCUT2D eigenvalue weighted by Crippen LogP contribution is -2.38. The minimum atomic E-state index is -0.879. The van der Waals surface area contributed by atoms with Crippen LogP contribution in [0.5, 0.6) is 5.75 Å². The van der Waals surface area contributed by atoms with E-state index in [9.17, 15) is 9.90 Å². The van der Waals surface area contributed by atoms with Crippen LogP contribution in [-0.4, -0.2) is 39.7 Å². The van der Waals surface area contributed by atoms with Crippen LogP contribution in [-0.2, 0) is 0 Å². The number of carbonyl (C=O) groups is 1. The van der Waals surface area contributed by atoms with Gasteiger partial charge in [-0.05, 0) is 71.3 Å². The van der Waals surface area contributed by atoms with Gasteiger partial charge in [0.15, 0.2) is 0 Å². The number of carboxylic acid groups (broad SMARTS) is 1. The molecule has 0 fully saturated rings. The fraction of sp³-hybridized carbons (Fsp3) is 0.345. The molecule has 0 aliphatic heterocycles. The van der Waals surface area contributed by atoms with Gasteiger partial charge in [-0.3, -0.25) is 4.90 Å². The standard InChI is InChI=1S/C22H31NO.C7H6O2/c1-16(2)23(17(3)4)14-13-20(19-9-7-6-8-10-19)21-15-18(5)11-12-22(21)24;8-7(9)6-4-2-1-3-5-6/h6-12,15-17,20,24H,13-14H2,1-5H3;1-5H,(H,8,9)/t20-;/m1./s1. The van der Waals surface area contributed by atoms with Gasteiger partial charge in [0.25, 0.3) is 0 Å². The van der Waals surface area contributed by atoms with Crippen molar-refractivity contribution < 1.29 is 15.0 Å². The molecule has 0 aliphatic carbocycles. The van der Waals surface area contributed by atoms with Crippen LogP contribution in [0.15, 0.2) is 78.9 Å². The number of phenols is 1. The first-order valence-corrected chi connectivity index (χ1v) is 11.6. The Labute approximate surface area is 198 Å². The summed E-state index contributed by atoms with van der Waals surface area (Å²) in [5, 5.41) is 18.8. The fourth-order valence-corrected chi connectivity index (χ4v) is 4.11. The summed E-state index contributed by atoms with van der Waals surface area (Å²) in [5.74, 6) is -0.267. The molecule has 0 spiro atoms. The average molecular weight is 448 g/mol. The summed E-state index contributed by atoms with van der Waals surface area (Å²) in [7, 11) is 0. The number of phenolic OH excluding ortho intramolecular Hbond substituents is 1. The third kappa shape index (κ3) is 8.07. The minimum Gasteiger partial charge on any atom is -0.508 e. The highest BCUT2D eigenvalue weighted by Gasteiger charge is 2.21. The van der Waals surface area contributed by atoms with Crippen LogP contribution < -0.4 is 0 Å². The molecule has 0 saturated heterocycles. The molecule has 0 radical (unpaired) electrons. The molecule has 0 bridgehead atoms. The molecule has 0 aromatic heterocycles. The second-order valence-corrected chi connectivity index (χ2v) is 8.91. The van der Waals surface area contributed by atoms with Gasteiger partial charge < -0.3 is 10.2 Å². The lowest BCUT2D eigenvalue weighted by atomic mass is 9.87. The van der Waals surface area contributed by atoms with E-state index in [2.05, 4.69) is 69.9 Å². The molecule has 1 atom stereocenters. The molecule has 0 amide bonds. The molecule has 0 saturated carbocycles. The Morgan fingerprint density at radius 3 is 1.88 bits per heavy atom. The zero-order chi connectivity index (χ0) is 24.4. The van der Waals surface area contributed by atoms with Gasteiger partial charge in [-0.2, -0.15) is 0 Å². The van der Waals surface area contributed by atoms with Gasteiger partial charge in [-0.25, -0.2) is 4.79 Å². The fourth-order valence-electron chi connectivity index (χ4n) is 4.11. The topological polar surface area (TPSA) is 60.8 Å². The lowest BCUT2D eigenvalue weighted by Gasteiger charge is -2.32. The predicted octanol–water partition coefficient (Wildman–Crippen LogP) is 6.73. The normalized spacial score (nSPS) is 11.9. The minimum absolute atomic E-state index is 0.214. The van der Waals surface area contributed by atoms with E-state index in [-0.39, 0.29) is 5.92 Å². The zero-order valence-corrected chi connectivity index (χ0v) is 20.4. The monoisotopic (exact) mass is 447 g/mol. The van der Waals surface area contributed by atoms with Crippen LogP contribution in [0.1, 0.15) is 67.1 Å². The first-order chi connectivity index (χ1) is 15.7. The van der Waals surface area contributed by atoms with Gasteiger partial charge in [0, 0.05) is 23.6 Å². The number of aromatic hydroxyl groups is 1. The number of aryl methyl sites for hydroxylation is 1. The number of hydrogen-bond donors (Lipinski definition) is 2. The van der Waals surface area contributed by atoms with Crippen LogP contribution in [0.4, 0.5) is 0 Å². The highest BCUT2D eigenvalue weighted by atomic mass is 16.4. The summed E-state index contributed by atoms with van der Waals surface area (Å²) in [6, 6.07) is 25.8. The van der Waals surface area contributed by atoms with E-state index in [0.29, 0.717) is 23.4 Å². The van der Waals surface area contributed by atoms with Crippen LogP contribution in [0.3, 0.4) is 0 Å². The number of carboxylic acids is 1. The number of benzene rings is 3. The van der Waals surface area contributed by atoms with Gasteiger partial charge >= 0.3 is 5.97 Å². The Balaban J connectivity index is 0.000000357. The number of hydrogen-bond acceptors (Lipinski definition) is 3. The first kappa shape index (κ1) is 26.1. The van der Waals surface area contributed by atoms with Crippen molar-refractivity contribution in [1.29, 1.82) is 0 Å².